The van der Waals surface area contributed by atoms with Gasteiger partial charge in [-0.05, 0) is 33.7 Å². The van der Waals surface area contributed by atoms with Crippen molar-refractivity contribution in [2.24, 2.45) is 0 Å². The van der Waals surface area contributed by atoms with E-state index in [0.717, 1.165) is 20.6 Å². The van der Waals surface area contributed by atoms with Crippen LogP contribution >= 0.6 is 11.8 Å². The zero-order chi connectivity index (χ0) is 14.9. The first-order chi connectivity index (χ1) is 10.8. The molecule has 0 amide bonds. The van der Waals surface area contributed by atoms with Crippen LogP contribution in [-0.2, 0) is 0 Å². The van der Waals surface area contributed by atoms with Gasteiger partial charge in [0, 0.05) is 4.90 Å². The van der Waals surface area contributed by atoms with E-state index < -0.39 is 0 Å². The number of hydrogen-bond acceptors (Lipinski definition) is 2. The molecule has 1 nitrogen and oxygen atoms in total. The van der Waals surface area contributed by atoms with Crippen LogP contribution in [-0.4, -0.2) is 5.11 Å². The first-order valence-electron chi connectivity index (χ1n) is 7.19. The first-order valence-corrected chi connectivity index (χ1v) is 8.01. The Morgan fingerprint density at radius 2 is 1.23 bits per heavy atom. The zero-order valence-electron chi connectivity index (χ0n) is 11.9. The lowest BCUT2D eigenvalue weighted by Crippen LogP contribution is -1.82. The standard InChI is InChI=1S/C20H14OS/c21-18-13-12-15-7-2-4-10-17(15)20(18)22-19-11-5-8-14-6-1-3-9-16(14)19/h1-13,21H. The van der Waals surface area contributed by atoms with Gasteiger partial charge in [-0.3, -0.25) is 0 Å². The van der Waals surface area contributed by atoms with Gasteiger partial charge in [-0.25, -0.2) is 0 Å². The molecular formula is C20H14OS. The van der Waals surface area contributed by atoms with Crippen LogP contribution in [0.2, 0.25) is 0 Å². The summed E-state index contributed by atoms with van der Waals surface area (Å²) in [7, 11) is 0. The second-order valence-electron chi connectivity index (χ2n) is 5.21. The summed E-state index contributed by atoms with van der Waals surface area (Å²) in [5.74, 6) is 0.330. The summed E-state index contributed by atoms with van der Waals surface area (Å²) >= 11 is 1.62. The lowest BCUT2D eigenvalue weighted by Gasteiger charge is -2.10. The third-order valence-corrected chi connectivity index (χ3v) is 5.03. The Hall–Kier alpha value is -2.45. The molecule has 0 aliphatic heterocycles. The average Bonchev–Trinajstić information content (AvgIpc) is 2.58. The Balaban J connectivity index is 1.91. The molecule has 2 heteroatoms. The van der Waals surface area contributed by atoms with E-state index in [9.17, 15) is 5.11 Å². The predicted octanol–water partition coefficient (Wildman–Crippen LogP) is 5.85. The van der Waals surface area contributed by atoms with Crippen molar-refractivity contribution in [3.63, 3.8) is 0 Å². The first kappa shape index (κ1) is 13.2. The Morgan fingerprint density at radius 1 is 0.591 bits per heavy atom. The summed E-state index contributed by atoms with van der Waals surface area (Å²) in [6.45, 7) is 0. The summed E-state index contributed by atoms with van der Waals surface area (Å²) < 4.78 is 0. The van der Waals surface area contributed by atoms with Crippen LogP contribution < -0.4 is 0 Å². The number of hydrogen-bond donors (Lipinski definition) is 1. The second-order valence-corrected chi connectivity index (χ2v) is 6.27. The molecular weight excluding hydrogens is 288 g/mol. The molecule has 22 heavy (non-hydrogen) atoms. The molecule has 4 aromatic carbocycles. The van der Waals surface area contributed by atoms with E-state index in [1.165, 1.54) is 10.8 Å². The topological polar surface area (TPSA) is 20.2 Å². The molecule has 0 saturated carbocycles. The number of phenolic OH excluding ortho intramolecular Hbond substituents is 1. The molecule has 0 radical (unpaired) electrons. The van der Waals surface area contributed by atoms with Crippen molar-refractivity contribution in [1.82, 2.24) is 0 Å². The van der Waals surface area contributed by atoms with Crippen LogP contribution in [0.3, 0.4) is 0 Å². The fourth-order valence-corrected chi connectivity index (χ4v) is 3.86. The highest BCUT2D eigenvalue weighted by Crippen LogP contribution is 2.41. The fraction of sp³-hybridized carbons (Fsp3) is 0. The fourth-order valence-electron chi connectivity index (χ4n) is 2.73. The van der Waals surface area contributed by atoms with Gasteiger partial charge in [0.15, 0.2) is 0 Å². The van der Waals surface area contributed by atoms with E-state index in [-0.39, 0.29) is 0 Å². The van der Waals surface area contributed by atoms with E-state index in [1.807, 2.05) is 24.3 Å². The molecule has 0 bridgehead atoms. The van der Waals surface area contributed by atoms with Gasteiger partial charge >= 0.3 is 0 Å². The van der Waals surface area contributed by atoms with Crippen LogP contribution in [0.5, 0.6) is 5.75 Å². The molecule has 0 heterocycles. The third-order valence-electron chi connectivity index (χ3n) is 3.82. The van der Waals surface area contributed by atoms with Gasteiger partial charge in [-0.2, -0.15) is 0 Å². The van der Waals surface area contributed by atoms with Crippen molar-refractivity contribution >= 4 is 33.3 Å². The summed E-state index contributed by atoms with van der Waals surface area (Å²) in [6.07, 6.45) is 0. The highest BCUT2D eigenvalue weighted by Gasteiger charge is 2.10. The Bertz CT molecular complexity index is 970. The van der Waals surface area contributed by atoms with Gasteiger partial charge in [0.05, 0.1) is 4.90 Å². The minimum atomic E-state index is 0.330. The number of phenols is 1. The Kier molecular flexibility index (Phi) is 3.24. The van der Waals surface area contributed by atoms with E-state index in [2.05, 4.69) is 48.5 Å². The summed E-state index contributed by atoms with van der Waals surface area (Å²) in [6, 6.07) is 26.5. The molecule has 0 aromatic heterocycles. The van der Waals surface area contributed by atoms with Gasteiger partial charge in [0.1, 0.15) is 5.75 Å². The quantitative estimate of drug-likeness (QED) is 0.501. The molecule has 0 saturated heterocycles. The Morgan fingerprint density at radius 3 is 2.05 bits per heavy atom. The number of aromatic hydroxyl groups is 1. The summed E-state index contributed by atoms with van der Waals surface area (Å²) in [4.78, 5) is 2.07. The molecule has 0 aliphatic rings. The van der Waals surface area contributed by atoms with E-state index in [0.29, 0.717) is 5.75 Å². The van der Waals surface area contributed by atoms with Crippen LogP contribution in [0.25, 0.3) is 21.5 Å². The molecule has 4 aromatic rings. The van der Waals surface area contributed by atoms with E-state index in [1.54, 1.807) is 17.8 Å². The molecule has 1 N–H and O–H groups in total. The maximum atomic E-state index is 10.3. The average molecular weight is 302 g/mol. The largest absolute Gasteiger partial charge is 0.507 e. The maximum absolute atomic E-state index is 10.3. The Labute approximate surface area is 133 Å². The maximum Gasteiger partial charge on any atom is 0.130 e. The van der Waals surface area contributed by atoms with Crippen LogP contribution in [0.1, 0.15) is 0 Å². The minimum absolute atomic E-state index is 0.330. The van der Waals surface area contributed by atoms with E-state index in [4.69, 9.17) is 0 Å². The van der Waals surface area contributed by atoms with Crippen molar-refractivity contribution in [2.75, 3.05) is 0 Å². The van der Waals surface area contributed by atoms with E-state index >= 15 is 0 Å². The van der Waals surface area contributed by atoms with Gasteiger partial charge in [0.25, 0.3) is 0 Å². The highest BCUT2D eigenvalue weighted by atomic mass is 32.2. The summed E-state index contributed by atoms with van der Waals surface area (Å²) in [5.41, 5.74) is 0. The van der Waals surface area contributed by atoms with Gasteiger partial charge in [-0.15, -0.1) is 0 Å². The molecule has 4 rings (SSSR count). The summed E-state index contributed by atoms with van der Waals surface area (Å²) in [5, 5.41) is 15.0. The SMILES string of the molecule is Oc1ccc2ccccc2c1Sc1cccc2ccccc12. The van der Waals surface area contributed by atoms with Crippen molar-refractivity contribution in [2.45, 2.75) is 9.79 Å². The zero-order valence-corrected chi connectivity index (χ0v) is 12.7. The smallest absolute Gasteiger partial charge is 0.130 e. The number of fused-ring (bicyclic) bond motifs is 2. The minimum Gasteiger partial charge on any atom is -0.507 e. The van der Waals surface area contributed by atoms with Gasteiger partial charge < -0.3 is 5.11 Å². The molecule has 0 spiro atoms. The predicted molar refractivity (Wildman–Crippen MR) is 93.7 cm³/mol. The number of benzene rings is 4. The monoisotopic (exact) mass is 302 g/mol. The third kappa shape index (κ3) is 2.22. The molecule has 106 valence electrons. The lowest BCUT2D eigenvalue weighted by atomic mass is 10.1. The van der Waals surface area contributed by atoms with Crippen LogP contribution in [0.4, 0.5) is 0 Å². The van der Waals surface area contributed by atoms with Crippen molar-refractivity contribution < 1.29 is 5.11 Å². The highest BCUT2D eigenvalue weighted by molar-refractivity contribution is 8.00. The molecule has 0 atom stereocenters. The molecule has 0 fully saturated rings. The van der Waals surface area contributed by atoms with Crippen LogP contribution in [0.15, 0.2) is 88.7 Å². The van der Waals surface area contributed by atoms with Crippen LogP contribution in [0, 0.1) is 0 Å². The van der Waals surface area contributed by atoms with Crippen molar-refractivity contribution in [3.05, 3.63) is 78.9 Å². The van der Waals surface area contributed by atoms with Gasteiger partial charge in [-0.1, -0.05) is 78.5 Å². The lowest BCUT2D eigenvalue weighted by molar-refractivity contribution is 0.464. The molecule has 0 aliphatic carbocycles. The second kappa shape index (κ2) is 5.39. The normalized spacial score (nSPS) is 11.1. The van der Waals surface area contributed by atoms with Gasteiger partial charge in [0.2, 0.25) is 0 Å². The van der Waals surface area contributed by atoms with Crippen molar-refractivity contribution in [3.8, 4) is 5.75 Å². The molecule has 0 unspecified atom stereocenters. The number of rotatable bonds is 2. The van der Waals surface area contributed by atoms with Crippen molar-refractivity contribution in [1.29, 1.82) is 0 Å².